The average molecular weight is 375 g/mol. The average Bonchev–Trinajstić information content (AvgIpc) is 2.61. The van der Waals surface area contributed by atoms with Gasteiger partial charge in [-0.15, -0.1) is 0 Å². The van der Waals surface area contributed by atoms with Gasteiger partial charge in [0.15, 0.2) is 0 Å². The zero-order chi connectivity index (χ0) is 20.6. The molecule has 0 saturated carbocycles. The molecule has 0 heterocycles. The van der Waals surface area contributed by atoms with E-state index in [9.17, 15) is 10.1 Å². The summed E-state index contributed by atoms with van der Waals surface area (Å²) in [7, 11) is 1.58. The predicted molar refractivity (Wildman–Crippen MR) is 109 cm³/mol. The van der Waals surface area contributed by atoms with Crippen LogP contribution in [0.5, 0.6) is 5.75 Å². The van der Waals surface area contributed by atoms with Gasteiger partial charge in [-0.05, 0) is 50.2 Å². The highest BCUT2D eigenvalue weighted by atomic mass is 16.5. The molecule has 1 atom stereocenters. The van der Waals surface area contributed by atoms with Gasteiger partial charge in [0.2, 0.25) is 0 Å². The lowest BCUT2D eigenvalue weighted by Gasteiger charge is -2.34. The van der Waals surface area contributed by atoms with E-state index < -0.39 is 5.60 Å². The summed E-state index contributed by atoms with van der Waals surface area (Å²) >= 11 is 0. The molecule has 0 aliphatic heterocycles. The molecular formula is C22H34N2O3. The summed E-state index contributed by atoms with van der Waals surface area (Å²) in [5.41, 5.74) is -0.0581. The van der Waals surface area contributed by atoms with E-state index in [0.29, 0.717) is 41.7 Å². The maximum atomic E-state index is 13.1. The summed E-state index contributed by atoms with van der Waals surface area (Å²) in [5.74, 6) is 1.02. The number of ether oxygens (including phenoxy) is 2. The first-order valence-electron chi connectivity index (χ1n) is 9.74. The van der Waals surface area contributed by atoms with Gasteiger partial charge in [0.1, 0.15) is 17.4 Å². The third-order valence-electron chi connectivity index (χ3n) is 4.55. The Labute approximate surface area is 164 Å². The normalized spacial score (nSPS) is 12.7. The lowest BCUT2D eigenvalue weighted by molar-refractivity contribution is -0.142. The third kappa shape index (κ3) is 6.55. The van der Waals surface area contributed by atoms with Crippen LogP contribution in [0.3, 0.4) is 0 Å². The van der Waals surface area contributed by atoms with E-state index in [0.717, 1.165) is 6.42 Å². The molecule has 1 amide bonds. The van der Waals surface area contributed by atoms with E-state index in [1.807, 2.05) is 13.8 Å². The van der Waals surface area contributed by atoms with Crippen LogP contribution in [0.15, 0.2) is 18.2 Å². The van der Waals surface area contributed by atoms with E-state index in [2.05, 4.69) is 39.1 Å². The van der Waals surface area contributed by atoms with Crippen LogP contribution in [0.25, 0.3) is 0 Å². The van der Waals surface area contributed by atoms with E-state index >= 15 is 0 Å². The largest absolute Gasteiger partial charge is 0.491 e. The van der Waals surface area contributed by atoms with Gasteiger partial charge in [0, 0.05) is 13.2 Å². The van der Waals surface area contributed by atoms with Crippen LogP contribution >= 0.6 is 0 Å². The molecule has 0 aromatic heterocycles. The molecule has 0 fully saturated rings. The van der Waals surface area contributed by atoms with Crippen molar-refractivity contribution in [2.24, 2.45) is 11.8 Å². The zero-order valence-corrected chi connectivity index (χ0v) is 17.8. The highest BCUT2D eigenvalue weighted by molar-refractivity contribution is 5.98. The van der Waals surface area contributed by atoms with Crippen LogP contribution in [0.2, 0.25) is 0 Å². The molecule has 0 bridgehead atoms. The summed E-state index contributed by atoms with van der Waals surface area (Å²) in [6, 6.07) is 7.32. The SMILES string of the molecule is CC[C@H](C)Oc1ccc(NC(=O)C(CC(C)C)(CC(C)C)OC)c(C#N)c1. The summed E-state index contributed by atoms with van der Waals surface area (Å²) < 4.78 is 11.5. The number of benzene rings is 1. The molecule has 0 unspecified atom stereocenters. The van der Waals surface area contributed by atoms with Crippen molar-refractivity contribution in [1.29, 1.82) is 5.26 Å². The molecule has 1 aromatic rings. The van der Waals surface area contributed by atoms with Crippen molar-refractivity contribution in [2.75, 3.05) is 12.4 Å². The fraction of sp³-hybridized carbons (Fsp3) is 0.636. The number of carbonyl (C=O) groups is 1. The molecule has 5 nitrogen and oxygen atoms in total. The quantitative estimate of drug-likeness (QED) is 0.614. The summed E-state index contributed by atoms with van der Waals surface area (Å²) in [5, 5.41) is 12.4. The smallest absolute Gasteiger partial charge is 0.256 e. The summed E-state index contributed by atoms with van der Waals surface area (Å²) in [6.45, 7) is 12.3. The third-order valence-corrected chi connectivity index (χ3v) is 4.55. The molecule has 5 heteroatoms. The van der Waals surface area contributed by atoms with Gasteiger partial charge in [-0.3, -0.25) is 4.79 Å². The molecule has 0 spiro atoms. The van der Waals surface area contributed by atoms with Gasteiger partial charge < -0.3 is 14.8 Å². The first-order valence-corrected chi connectivity index (χ1v) is 9.74. The predicted octanol–water partition coefficient (Wildman–Crippen LogP) is 5.15. The Morgan fingerprint density at radius 3 is 2.22 bits per heavy atom. The summed E-state index contributed by atoms with van der Waals surface area (Å²) in [6.07, 6.45) is 2.17. The van der Waals surface area contributed by atoms with Gasteiger partial charge >= 0.3 is 0 Å². The molecule has 0 radical (unpaired) electrons. The van der Waals surface area contributed by atoms with Crippen LogP contribution in [-0.2, 0) is 9.53 Å². The Balaban J connectivity index is 3.12. The van der Waals surface area contributed by atoms with Crippen molar-refractivity contribution >= 4 is 11.6 Å². The Morgan fingerprint density at radius 2 is 1.78 bits per heavy atom. The molecule has 1 rings (SSSR count). The Kier molecular flexibility index (Phi) is 8.78. The molecule has 1 N–H and O–H groups in total. The fourth-order valence-electron chi connectivity index (χ4n) is 3.20. The van der Waals surface area contributed by atoms with Crippen molar-refractivity contribution in [3.8, 4) is 11.8 Å². The highest BCUT2D eigenvalue weighted by Crippen LogP contribution is 2.31. The summed E-state index contributed by atoms with van der Waals surface area (Å²) in [4.78, 5) is 13.1. The number of hydrogen-bond donors (Lipinski definition) is 1. The number of nitriles is 1. The van der Waals surface area contributed by atoms with Gasteiger partial charge in [-0.1, -0.05) is 34.6 Å². The number of nitrogens with one attached hydrogen (secondary N) is 1. The first kappa shape index (κ1) is 23.0. The van der Waals surface area contributed by atoms with Crippen molar-refractivity contribution < 1.29 is 14.3 Å². The van der Waals surface area contributed by atoms with Gasteiger partial charge in [-0.2, -0.15) is 5.26 Å². The zero-order valence-electron chi connectivity index (χ0n) is 17.8. The monoisotopic (exact) mass is 374 g/mol. The number of hydrogen-bond acceptors (Lipinski definition) is 4. The van der Waals surface area contributed by atoms with E-state index in [1.54, 1.807) is 25.3 Å². The van der Waals surface area contributed by atoms with Gasteiger partial charge in [0.05, 0.1) is 17.4 Å². The van der Waals surface area contributed by atoms with E-state index in [-0.39, 0.29) is 12.0 Å². The molecule has 0 saturated heterocycles. The minimum absolute atomic E-state index is 0.0650. The fourth-order valence-corrected chi connectivity index (χ4v) is 3.20. The van der Waals surface area contributed by atoms with Gasteiger partial charge in [0.25, 0.3) is 5.91 Å². The lowest BCUT2D eigenvalue weighted by atomic mass is 9.84. The Morgan fingerprint density at radius 1 is 1.19 bits per heavy atom. The number of carbonyl (C=O) groups excluding carboxylic acids is 1. The molecule has 0 aliphatic carbocycles. The molecule has 0 aliphatic rings. The van der Waals surface area contributed by atoms with Gasteiger partial charge in [-0.25, -0.2) is 0 Å². The van der Waals surface area contributed by atoms with Crippen molar-refractivity contribution in [3.05, 3.63) is 23.8 Å². The molecular weight excluding hydrogens is 340 g/mol. The second-order valence-corrected chi connectivity index (χ2v) is 8.00. The minimum Gasteiger partial charge on any atom is -0.491 e. The Hall–Kier alpha value is -2.06. The number of anilines is 1. The van der Waals surface area contributed by atoms with Crippen LogP contribution in [0, 0.1) is 23.2 Å². The van der Waals surface area contributed by atoms with Crippen molar-refractivity contribution in [2.45, 2.75) is 72.5 Å². The topological polar surface area (TPSA) is 71.3 Å². The van der Waals surface area contributed by atoms with E-state index in [4.69, 9.17) is 9.47 Å². The lowest BCUT2D eigenvalue weighted by Crippen LogP contribution is -2.47. The Bertz CT molecular complexity index is 652. The molecule has 1 aromatic carbocycles. The van der Waals surface area contributed by atoms with Crippen LogP contribution in [0.4, 0.5) is 5.69 Å². The first-order chi connectivity index (χ1) is 12.7. The van der Waals surface area contributed by atoms with Crippen LogP contribution < -0.4 is 10.1 Å². The maximum absolute atomic E-state index is 13.1. The number of rotatable bonds is 10. The highest BCUT2D eigenvalue weighted by Gasteiger charge is 2.40. The van der Waals surface area contributed by atoms with Crippen molar-refractivity contribution in [1.82, 2.24) is 0 Å². The van der Waals surface area contributed by atoms with Crippen LogP contribution in [0.1, 0.15) is 66.4 Å². The van der Waals surface area contributed by atoms with Crippen molar-refractivity contribution in [3.63, 3.8) is 0 Å². The number of nitrogens with zero attached hydrogens (tertiary/aromatic N) is 1. The van der Waals surface area contributed by atoms with Crippen LogP contribution in [-0.4, -0.2) is 24.7 Å². The number of methoxy groups -OCH3 is 1. The minimum atomic E-state index is -0.916. The molecule has 150 valence electrons. The van der Waals surface area contributed by atoms with E-state index in [1.165, 1.54) is 0 Å². The second kappa shape index (κ2) is 10.3. The number of amides is 1. The maximum Gasteiger partial charge on any atom is 0.256 e. The second-order valence-electron chi connectivity index (χ2n) is 8.00. The standard InChI is InChI=1S/C22H34N2O3/c1-8-17(6)27-19-9-10-20(18(11-19)14-23)24-21(25)22(26-7,12-15(2)3)13-16(4)5/h9-11,15-17H,8,12-13H2,1-7H3,(H,24,25)/t17-/m0/s1. The molecule has 27 heavy (non-hydrogen) atoms.